The number of aryl methyl sites for hydroxylation is 2. The predicted octanol–water partition coefficient (Wildman–Crippen LogP) is 5.11. The van der Waals surface area contributed by atoms with Crippen molar-refractivity contribution in [1.29, 1.82) is 0 Å². The number of nitrogens with two attached hydrogens (primary N) is 2. The molecular formula is C20H21N2O4P. The minimum Gasteiger partial charge on any atom is -0.399 e. The van der Waals surface area contributed by atoms with Crippen LogP contribution in [-0.4, -0.2) is 0 Å². The van der Waals surface area contributed by atoms with Crippen LogP contribution in [0.25, 0.3) is 0 Å². The fourth-order valence-corrected chi connectivity index (χ4v) is 3.88. The Morgan fingerprint density at radius 1 is 0.704 bits per heavy atom. The monoisotopic (exact) mass is 384 g/mol. The van der Waals surface area contributed by atoms with Gasteiger partial charge in [-0.15, -0.1) is 0 Å². The third-order valence-electron chi connectivity index (χ3n) is 3.76. The predicted molar refractivity (Wildman–Crippen MR) is 107 cm³/mol. The normalized spacial score (nSPS) is 11.0. The third kappa shape index (κ3) is 4.74. The van der Waals surface area contributed by atoms with E-state index in [-0.39, 0.29) is 11.5 Å². The molecule has 0 aromatic heterocycles. The van der Waals surface area contributed by atoms with E-state index in [1.54, 1.807) is 48.5 Å². The van der Waals surface area contributed by atoms with E-state index in [0.29, 0.717) is 17.1 Å². The lowest BCUT2D eigenvalue weighted by Gasteiger charge is -2.21. The summed E-state index contributed by atoms with van der Waals surface area (Å²) in [4.78, 5) is 0. The molecule has 140 valence electrons. The quantitative estimate of drug-likeness (QED) is 0.453. The van der Waals surface area contributed by atoms with Gasteiger partial charge in [-0.25, -0.2) is 0 Å². The van der Waals surface area contributed by atoms with Crippen molar-refractivity contribution in [3.05, 3.63) is 77.9 Å². The molecule has 0 radical (unpaired) electrons. The molecule has 3 aromatic carbocycles. The van der Waals surface area contributed by atoms with Crippen molar-refractivity contribution < 1.29 is 18.1 Å². The first-order chi connectivity index (χ1) is 12.8. The molecule has 27 heavy (non-hydrogen) atoms. The van der Waals surface area contributed by atoms with Gasteiger partial charge in [0.15, 0.2) is 0 Å². The topological polar surface area (TPSA) is 96.8 Å². The van der Waals surface area contributed by atoms with Gasteiger partial charge in [-0.3, -0.25) is 0 Å². The number of para-hydroxylation sites is 1. The molecule has 0 heterocycles. The fraction of sp³-hybridized carbons (Fsp3) is 0.100. The van der Waals surface area contributed by atoms with Crippen molar-refractivity contribution in [3.63, 3.8) is 0 Å². The maximum Gasteiger partial charge on any atom is 0.647 e. The molecule has 0 aliphatic carbocycles. The van der Waals surface area contributed by atoms with Crippen molar-refractivity contribution >= 4 is 19.2 Å². The van der Waals surface area contributed by atoms with Crippen molar-refractivity contribution in [2.24, 2.45) is 0 Å². The molecule has 0 atom stereocenters. The number of rotatable bonds is 6. The fourth-order valence-electron chi connectivity index (χ4n) is 2.51. The lowest BCUT2D eigenvalue weighted by molar-refractivity contribution is 0.297. The second kappa shape index (κ2) is 7.64. The number of phosphoric ester groups is 1. The smallest absolute Gasteiger partial charge is 0.399 e. The lowest BCUT2D eigenvalue weighted by atomic mass is 10.1. The zero-order valence-corrected chi connectivity index (χ0v) is 16.0. The van der Waals surface area contributed by atoms with Crippen LogP contribution in [0.1, 0.15) is 11.1 Å². The molecule has 0 amide bonds. The van der Waals surface area contributed by atoms with Crippen LogP contribution in [0.4, 0.5) is 11.4 Å². The van der Waals surface area contributed by atoms with E-state index in [2.05, 4.69) is 0 Å². The van der Waals surface area contributed by atoms with Crippen LogP contribution in [0.15, 0.2) is 66.7 Å². The van der Waals surface area contributed by atoms with Crippen LogP contribution in [-0.2, 0) is 4.57 Å². The molecule has 0 saturated heterocycles. The Morgan fingerprint density at radius 2 is 1.15 bits per heavy atom. The zero-order chi connectivity index (χ0) is 19.4. The molecule has 0 aliphatic rings. The number of hydrogen-bond donors (Lipinski definition) is 2. The molecule has 0 fully saturated rings. The summed E-state index contributed by atoms with van der Waals surface area (Å²) in [7, 11) is -4.09. The maximum atomic E-state index is 13.5. The van der Waals surface area contributed by atoms with Crippen molar-refractivity contribution in [2.75, 3.05) is 11.5 Å². The molecule has 3 aromatic rings. The van der Waals surface area contributed by atoms with Crippen LogP contribution in [0.2, 0.25) is 0 Å². The minimum atomic E-state index is -4.09. The largest absolute Gasteiger partial charge is 0.647 e. The molecule has 0 unspecified atom stereocenters. The maximum absolute atomic E-state index is 13.5. The van der Waals surface area contributed by atoms with Crippen LogP contribution >= 0.6 is 7.82 Å². The summed E-state index contributed by atoms with van der Waals surface area (Å²) in [6.07, 6.45) is 0. The molecule has 0 bridgehead atoms. The van der Waals surface area contributed by atoms with E-state index in [0.717, 1.165) is 11.1 Å². The van der Waals surface area contributed by atoms with Crippen molar-refractivity contribution in [1.82, 2.24) is 0 Å². The van der Waals surface area contributed by atoms with E-state index in [1.807, 2.05) is 32.0 Å². The van der Waals surface area contributed by atoms with Gasteiger partial charge in [-0.05, 0) is 49.2 Å². The first kappa shape index (κ1) is 18.7. The van der Waals surface area contributed by atoms with Gasteiger partial charge < -0.3 is 25.0 Å². The Bertz CT molecular complexity index is 935. The van der Waals surface area contributed by atoms with E-state index in [4.69, 9.17) is 25.0 Å². The van der Waals surface area contributed by atoms with Gasteiger partial charge in [-0.2, -0.15) is 4.57 Å². The molecule has 0 saturated carbocycles. The Hall–Kier alpha value is -3.11. The van der Waals surface area contributed by atoms with E-state index in [9.17, 15) is 4.57 Å². The molecule has 4 N–H and O–H groups in total. The lowest BCUT2D eigenvalue weighted by Crippen LogP contribution is -2.09. The molecular weight excluding hydrogens is 363 g/mol. The summed E-state index contributed by atoms with van der Waals surface area (Å²) in [5, 5.41) is 0. The highest BCUT2D eigenvalue weighted by Gasteiger charge is 2.34. The molecule has 6 nitrogen and oxygen atoms in total. The van der Waals surface area contributed by atoms with E-state index in [1.165, 1.54) is 0 Å². The molecule has 7 heteroatoms. The van der Waals surface area contributed by atoms with Crippen LogP contribution in [0.3, 0.4) is 0 Å². The summed E-state index contributed by atoms with van der Waals surface area (Å²) in [6, 6.07) is 18.7. The van der Waals surface area contributed by atoms with Gasteiger partial charge >= 0.3 is 7.82 Å². The van der Waals surface area contributed by atoms with E-state index >= 15 is 0 Å². The summed E-state index contributed by atoms with van der Waals surface area (Å²) >= 11 is 0. The number of phosphoric acid groups is 1. The Kier molecular flexibility index (Phi) is 5.28. The van der Waals surface area contributed by atoms with Crippen LogP contribution < -0.4 is 25.0 Å². The van der Waals surface area contributed by atoms with Gasteiger partial charge in [0.1, 0.15) is 17.2 Å². The van der Waals surface area contributed by atoms with Gasteiger partial charge in [-0.1, -0.05) is 30.3 Å². The summed E-state index contributed by atoms with van der Waals surface area (Å²) in [6.45, 7) is 3.71. The molecule has 0 spiro atoms. The highest BCUT2D eigenvalue weighted by atomic mass is 31.2. The SMILES string of the molecule is Cc1cccc(C)c1OP(=O)(Oc1cccc(N)c1)Oc1cccc(N)c1. The van der Waals surface area contributed by atoms with Crippen molar-refractivity contribution in [3.8, 4) is 17.2 Å². The van der Waals surface area contributed by atoms with Gasteiger partial charge in [0.2, 0.25) is 0 Å². The average Bonchev–Trinajstić information content (AvgIpc) is 2.58. The zero-order valence-electron chi connectivity index (χ0n) is 15.1. The number of benzene rings is 3. The van der Waals surface area contributed by atoms with Gasteiger partial charge in [0.05, 0.1) is 0 Å². The van der Waals surface area contributed by atoms with E-state index < -0.39 is 7.82 Å². The average molecular weight is 384 g/mol. The minimum absolute atomic E-state index is 0.272. The highest BCUT2D eigenvalue weighted by Crippen LogP contribution is 2.51. The third-order valence-corrected chi connectivity index (χ3v) is 5.04. The van der Waals surface area contributed by atoms with Gasteiger partial charge in [0, 0.05) is 23.5 Å². The Morgan fingerprint density at radius 3 is 1.59 bits per heavy atom. The summed E-state index contributed by atoms with van der Waals surface area (Å²) in [5.74, 6) is 0.982. The number of anilines is 2. The van der Waals surface area contributed by atoms with Crippen LogP contribution in [0, 0.1) is 13.8 Å². The van der Waals surface area contributed by atoms with Crippen molar-refractivity contribution in [2.45, 2.75) is 13.8 Å². The number of hydrogen-bond acceptors (Lipinski definition) is 6. The summed E-state index contributed by atoms with van der Waals surface area (Å²) < 4.78 is 30.5. The summed E-state index contributed by atoms with van der Waals surface area (Å²) in [5.41, 5.74) is 14.1. The van der Waals surface area contributed by atoms with Crippen LogP contribution in [0.5, 0.6) is 17.2 Å². The Balaban J connectivity index is 1.98. The first-order valence-electron chi connectivity index (χ1n) is 8.31. The first-order valence-corrected chi connectivity index (χ1v) is 9.77. The molecule has 0 aliphatic heterocycles. The standard InChI is InChI=1S/C20H21N2O4P/c1-14-6-3-7-15(2)20(14)26-27(23,24-18-10-4-8-16(21)12-18)25-19-11-5-9-17(22)13-19/h3-13H,21-22H2,1-2H3. The number of nitrogen functional groups attached to an aromatic ring is 2. The van der Waals surface area contributed by atoms with Gasteiger partial charge in [0.25, 0.3) is 0 Å². The molecule has 3 rings (SSSR count). The second-order valence-electron chi connectivity index (χ2n) is 6.09. The Labute approximate surface area is 158 Å². The second-order valence-corrected chi connectivity index (χ2v) is 7.53. The highest BCUT2D eigenvalue weighted by molar-refractivity contribution is 7.49.